The second kappa shape index (κ2) is 11.0. The summed E-state index contributed by atoms with van der Waals surface area (Å²) in [5, 5.41) is 11.2. The molecule has 0 unspecified atom stereocenters. The van der Waals surface area contributed by atoms with Crippen LogP contribution in [0.25, 0.3) is 0 Å². The molecular formula is C37H36N2O6. The molecule has 2 aliphatic heterocycles. The topological polar surface area (TPSA) is 104 Å². The second-order valence-electron chi connectivity index (χ2n) is 12.5. The predicted molar refractivity (Wildman–Crippen MR) is 169 cm³/mol. The van der Waals surface area contributed by atoms with Crippen molar-refractivity contribution in [1.29, 1.82) is 0 Å². The van der Waals surface area contributed by atoms with Crippen LogP contribution in [-0.4, -0.2) is 35.8 Å². The lowest BCUT2D eigenvalue weighted by atomic mass is 9.57. The molecular weight excluding hydrogens is 568 g/mol. The van der Waals surface area contributed by atoms with Gasteiger partial charge in [0.2, 0.25) is 23.6 Å². The number of phenols is 1. The predicted octanol–water partition coefficient (Wildman–Crippen LogP) is 5.57. The number of nitrogens with zero attached hydrogens (tertiary/aromatic N) is 2. The first-order valence-corrected chi connectivity index (χ1v) is 15.8. The molecule has 0 radical (unpaired) electrons. The normalized spacial score (nSPS) is 27.3. The van der Waals surface area contributed by atoms with Gasteiger partial charge in [-0.2, -0.15) is 0 Å². The second-order valence-corrected chi connectivity index (χ2v) is 12.5. The van der Waals surface area contributed by atoms with Crippen molar-refractivity contribution in [2.45, 2.75) is 45.4 Å². The van der Waals surface area contributed by atoms with E-state index >= 15 is 0 Å². The number of hydrogen-bond donors (Lipinski definition) is 1. The first-order valence-electron chi connectivity index (χ1n) is 15.8. The van der Waals surface area contributed by atoms with Crippen LogP contribution in [0.3, 0.4) is 0 Å². The Labute approximate surface area is 262 Å². The summed E-state index contributed by atoms with van der Waals surface area (Å²) in [6.45, 7) is 4.09. The van der Waals surface area contributed by atoms with Crippen LogP contribution in [0.15, 0.2) is 78.4 Å². The molecule has 8 nitrogen and oxygen atoms in total. The Balaban J connectivity index is 1.32. The van der Waals surface area contributed by atoms with Gasteiger partial charge < -0.3 is 9.84 Å². The number of aromatic hydroxyl groups is 1. The minimum Gasteiger partial charge on any atom is -0.508 e. The highest BCUT2D eigenvalue weighted by atomic mass is 16.5. The third-order valence-corrected chi connectivity index (χ3v) is 10.4. The fraction of sp³-hybridized carbons (Fsp3) is 0.351. The van der Waals surface area contributed by atoms with E-state index in [2.05, 4.69) is 0 Å². The van der Waals surface area contributed by atoms with Gasteiger partial charge >= 0.3 is 0 Å². The van der Waals surface area contributed by atoms with Crippen molar-refractivity contribution < 1.29 is 29.0 Å². The summed E-state index contributed by atoms with van der Waals surface area (Å²) in [4.78, 5) is 59.0. The molecule has 0 aromatic heterocycles. The SMILES string of the molecule is CCc1ccc(N2C(=O)[C@H]3[C@H](CC=C4[C@H]3C[C@H]3C(=O)N(c5ccc(CC)cc5)C(=O)[C@H]3[C@H]4c3ccc(OC)cc3O)C2=O)cc1. The number of benzene rings is 3. The Hall–Kier alpha value is -4.72. The molecule has 230 valence electrons. The smallest absolute Gasteiger partial charge is 0.238 e. The van der Waals surface area contributed by atoms with Gasteiger partial charge in [-0.05, 0) is 73.1 Å². The molecule has 0 bridgehead atoms. The van der Waals surface area contributed by atoms with Crippen molar-refractivity contribution >= 4 is 35.0 Å². The summed E-state index contributed by atoms with van der Waals surface area (Å²) in [5.74, 6) is -4.47. The van der Waals surface area contributed by atoms with Crippen molar-refractivity contribution in [2.24, 2.45) is 29.6 Å². The minimum atomic E-state index is -0.758. The first kappa shape index (κ1) is 29.0. The minimum absolute atomic E-state index is 0.0424. The molecule has 4 amide bonds. The van der Waals surface area contributed by atoms with Crippen LogP contribution in [0.2, 0.25) is 0 Å². The quantitative estimate of drug-likeness (QED) is 0.292. The zero-order chi connectivity index (χ0) is 31.6. The van der Waals surface area contributed by atoms with Gasteiger partial charge in [0, 0.05) is 17.5 Å². The number of hydrogen-bond acceptors (Lipinski definition) is 6. The number of fused-ring (bicyclic) bond motifs is 4. The molecule has 2 saturated heterocycles. The highest BCUT2D eigenvalue weighted by molar-refractivity contribution is 6.24. The molecule has 8 heteroatoms. The van der Waals surface area contributed by atoms with Crippen molar-refractivity contribution in [2.75, 3.05) is 16.9 Å². The third-order valence-electron chi connectivity index (χ3n) is 10.4. The summed E-state index contributed by atoms with van der Waals surface area (Å²) in [6.07, 6.45) is 4.29. The van der Waals surface area contributed by atoms with E-state index in [9.17, 15) is 24.3 Å². The van der Waals surface area contributed by atoms with Crippen LogP contribution in [0.5, 0.6) is 11.5 Å². The van der Waals surface area contributed by atoms with Gasteiger partial charge in [0.05, 0.1) is 42.2 Å². The molecule has 0 spiro atoms. The summed E-state index contributed by atoms with van der Waals surface area (Å²) in [5.41, 5.74) is 4.61. The highest BCUT2D eigenvalue weighted by Crippen LogP contribution is 2.59. The van der Waals surface area contributed by atoms with E-state index in [1.165, 1.54) is 23.0 Å². The zero-order valence-electron chi connectivity index (χ0n) is 25.6. The molecule has 7 rings (SSSR count). The van der Waals surface area contributed by atoms with Gasteiger partial charge in [-0.25, -0.2) is 0 Å². The van der Waals surface area contributed by atoms with Crippen LogP contribution < -0.4 is 14.5 Å². The van der Waals surface area contributed by atoms with Gasteiger partial charge in [0.15, 0.2) is 0 Å². The van der Waals surface area contributed by atoms with Crippen LogP contribution in [0, 0.1) is 29.6 Å². The molecule has 6 atom stereocenters. The molecule has 1 saturated carbocycles. The molecule has 1 N–H and O–H groups in total. The number of carbonyl (C=O) groups excluding carboxylic acids is 4. The van der Waals surface area contributed by atoms with E-state index in [4.69, 9.17) is 4.74 Å². The number of imide groups is 2. The number of carbonyl (C=O) groups is 4. The molecule has 4 aliphatic rings. The van der Waals surface area contributed by atoms with Crippen molar-refractivity contribution in [1.82, 2.24) is 0 Å². The molecule has 2 aliphatic carbocycles. The summed E-state index contributed by atoms with van der Waals surface area (Å²) in [6, 6.07) is 19.9. The van der Waals surface area contributed by atoms with E-state index in [0.29, 0.717) is 29.1 Å². The molecule has 2 heterocycles. The van der Waals surface area contributed by atoms with Crippen LogP contribution in [0.4, 0.5) is 11.4 Å². The molecule has 3 aromatic rings. The van der Waals surface area contributed by atoms with Crippen molar-refractivity contribution in [3.63, 3.8) is 0 Å². The van der Waals surface area contributed by atoms with Gasteiger partial charge in [-0.3, -0.25) is 29.0 Å². The van der Waals surface area contributed by atoms with Gasteiger partial charge in [0.25, 0.3) is 0 Å². The van der Waals surface area contributed by atoms with E-state index in [-0.39, 0.29) is 35.8 Å². The lowest BCUT2D eigenvalue weighted by molar-refractivity contribution is -0.126. The number of aryl methyl sites for hydroxylation is 2. The monoisotopic (exact) mass is 604 g/mol. The van der Waals surface area contributed by atoms with E-state index in [1.54, 1.807) is 24.3 Å². The fourth-order valence-electron chi connectivity index (χ4n) is 8.12. The van der Waals surface area contributed by atoms with Crippen LogP contribution in [0.1, 0.15) is 49.3 Å². The summed E-state index contributed by atoms with van der Waals surface area (Å²) >= 11 is 0. The standard InChI is InChI=1S/C37H36N2O6/c1-4-20-6-10-22(11-7-20)38-34(41)27-17-16-25-28(32(27)36(38)43)19-29-33(31(25)26-15-14-24(45-3)18-30(26)40)37(44)39(35(29)42)23-12-8-21(5-2)9-13-23/h6-16,18,27-29,31-33,40H,4-5,17,19H2,1-3H3/t27-,28+,29+,31+,32-,33+/m0/s1. The maximum absolute atomic E-state index is 14.3. The van der Waals surface area contributed by atoms with E-state index < -0.39 is 35.5 Å². The van der Waals surface area contributed by atoms with Gasteiger partial charge in [0.1, 0.15) is 11.5 Å². The molecule has 3 fully saturated rings. The third kappa shape index (κ3) is 4.41. The van der Waals surface area contributed by atoms with Crippen LogP contribution >= 0.6 is 0 Å². The zero-order valence-corrected chi connectivity index (χ0v) is 25.6. The average molecular weight is 605 g/mol. The average Bonchev–Trinajstić information content (AvgIpc) is 3.47. The maximum atomic E-state index is 14.3. The lowest BCUT2D eigenvalue weighted by Gasteiger charge is -2.44. The largest absolute Gasteiger partial charge is 0.508 e. The number of amides is 4. The van der Waals surface area contributed by atoms with Crippen molar-refractivity contribution in [3.8, 4) is 11.5 Å². The Bertz CT molecular complexity index is 1740. The maximum Gasteiger partial charge on any atom is 0.238 e. The van der Waals surface area contributed by atoms with Gasteiger partial charge in [-0.1, -0.05) is 55.8 Å². The van der Waals surface area contributed by atoms with Crippen molar-refractivity contribution in [3.05, 3.63) is 95.1 Å². The first-order chi connectivity index (χ1) is 21.8. The fourth-order valence-corrected chi connectivity index (χ4v) is 8.12. The number of ether oxygens (including phenoxy) is 1. The van der Waals surface area contributed by atoms with Gasteiger partial charge in [-0.15, -0.1) is 0 Å². The summed E-state index contributed by atoms with van der Waals surface area (Å²) in [7, 11) is 1.51. The Morgan fingerprint density at radius 3 is 1.80 bits per heavy atom. The Morgan fingerprint density at radius 2 is 1.27 bits per heavy atom. The number of phenolic OH excluding ortho intramolecular Hbond substituents is 1. The lowest BCUT2D eigenvalue weighted by Crippen LogP contribution is -2.43. The highest BCUT2D eigenvalue weighted by Gasteiger charge is 2.62. The Kier molecular flexibility index (Phi) is 7.10. The number of methoxy groups -OCH3 is 1. The molecule has 3 aromatic carbocycles. The van der Waals surface area contributed by atoms with E-state index in [1.807, 2.05) is 56.3 Å². The van der Waals surface area contributed by atoms with Crippen LogP contribution in [-0.2, 0) is 32.0 Å². The molecule has 45 heavy (non-hydrogen) atoms. The number of rotatable bonds is 6. The Morgan fingerprint density at radius 1 is 0.711 bits per heavy atom. The van der Waals surface area contributed by atoms with E-state index in [0.717, 1.165) is 29.5 Å². The number of anilines is 2. The number of allylic oxidation sites excluding steroid dienone is 2. The summed E-state index contributed by atoms with van der Waals surface area (Å²) < 4.78 is 5.32.